The van der Waals surface area contributed by atoms with E-state index >= 15 is 0 Å². The van der Waals surface area contributed by atoms with Crippen LogP contribution in [-0.2, 0) is 0 Å². The number of aromatic nitrogens is 1. The van der Waals surface area contributed by atoms with Gasteiger partial charge < -0.3 is 10.6 Å². The Morgan fingerprint density at radius 2 is 1.91 bits per heavy atom. The number of benzene rings is 1. The van der Waals surface area contributed by atoms with E-state index in [-0.39, 0.29) is 5.91 Å². The Morgan fingerprint density at radius 3 is 2.70 bits per heavy atom. The molecule has 1 saturated carbocycles. The molecule has 120 valence electrons. The van der Waals surface area contributed by atoms with Crippen molar-refractivity contribution in [2.75, 3.05) is 5.32 Å². The SMILES string of the molecule is Cc1ccccc1Nc1ccnc(C(=O)NC2CCCCC2)c1. The fourth-order valence-electron chi connectivity index (χ4n) is 3.01. The number of nitrogens with zero attached hydrogens (tertiary/aromatic N) is 1. The Labute approximate surface area is 137 Å². The number of para-hydroxylation sites is 1. The highest BCUT2D eigenvalue weighted by Gasteiger charge is 2.17. The molecule has 0 saturated heterocycles. The number of aryl methyl sites for hydroxylation is 1. The van der Waals surface area contributed by atoms with Gasteiger partial charge >= 0.3 is 0 Å². The smallest absolute Gasteiger partial charge is 0.270 e. The number of hydrogen-bond acceptors (Lipinski definition) is 3. The first-order valence-corrected chi connectivity index (χ1v) is 8.32. The lowest BCUT2D eigenvalue weighted by Gasteiger charge is -2.22. The molecule has 0 aliphatic heterocycles. The summed E-state index contributed by atoms with van der Waals surface area (Å²) in [5.74, 6) is -0.0784. The van der Waals surface area contributed by atoms with Gasteiger partial charge in [0.25, 0.3) is 5.91 Å². The Balaban J connectivity index is 1.69. The van der Waals surface area contributed by atoms with Gasteiger partial charge in [-0.2, -0.15) is 0 Å². The lowest BCUT2D eigenvalue weighted by molar-refractivity contribution is 0.0922. The minimum absolute atomic E-state index is 0.0784. The zero-order valence-corrected chi connectivity index (χ0v) is 13.5. The monoisotopic (exact) mass is 309 g/mol. The number of rotatable bonds is 4. The van der Waals surface area contributed by atoms with Gasteiger partial charge in [0.1, 0.15) is 5.69 Å². The third-order valence-corrected chi connectivity index (χ3v) is 4.36. The van der Waals surface area contributed by atoms with Crippen LogP contribution in [0, 0.1) is 6.92 Å². The molecule has 3 rings (SSSR count). The number of carbonyl (C=O) groups is 1. The van der Waals surface area contributed by atoms with Crippen molar-refractivity contribution in [3.8, 4) is 0 Å². The molecule has 1 aliphatic rings. The second-order valence-corrected chi connectivity index (χ2v) is 6.18. The molecule has 4 heteroatoms. The minimum Gasteiger partial charge on any atom is -0.355 e. The number of pyridine rings is 1. The molecule has 1 aromatic carbocycles. The minimum atomic E-state index is -0.0784. The van der Waals surface area contributed by atoms with E-state index in [1.54, 1.807) is 6.20 Å². The van der Waals surface area contributed by atoms with Crippen molar-refractivity contribution in [2.45, 2.75) is 45.1 Å². The first-order chi connectivity index (χ1) is 11.2. The van der Waals surface area contributed by atoms with E-state index in [1.807, 2.05) is 30.3 Å². The summed E-state index contributed by atoms with van der Waals surface area (Å²) in [6, 6.07) is 12.1. The Morgan fingerprint density at radius 1 is 1.13 bits per heavy atom. The molecule has 1 aromatic heterocycles. The van der Waals surface area contributed by atoms with E-state index in [0.29, 0.717) is 11.7 Å². The van der Waals surface area contributed by atoms with E-state index in [2.05, 4.69) is 28.6 Å². The summed E-state index contributed by atoms with van der Waals surface area (Å²) in [6.45, 7) is 2.06. The summed E-state index contributed by atoms with van der Waals surface area (Å²) in [7, 11) is 0. The number of hydrogen-bond donors (Lipinski definition) is 2. The van der Waals surface area contributed by atoms with Gasteiger partial charge in [0.2, 0.25) is 0 Å². The van der Waals surface area contributed by atoms with E-state index in [4.69, 9.17) is 0 Å². The number of amides is 1. The number of anilines is 2. The van der Waals surface area contributed by atoms with Crippen LogP contribution in [0.4, 0.5) is 11.4 Å². The zero-order valence-electron chi connectivity index (χ0n) is 13.5. The fraction of sp³-hybridized carbons (Fsp3) is 0.368. The quantitative estimate of drug-likeness (QED) is 0.890. The highest BCUT2D eigenvalue weighted by Crippen LogP contribution is 2.21. The van der Waals surface area contributed by atoms with Crippen molar-refractivity contribution in [1.82, 2.24) is 10.3 Å². The summed E-state index contributed by atoms with van der Waals surface area (Å²) in [5, 5.41) is 6.46. The van der Waals surface area contributed by atoms with E-state index < -0.39 is 0 Å². The number of nitrogens with one attached hydrogen (secondary N) is 2. The summed E-state index contributed by atoms with van der Waals surface area (Å²) < 4.78 is 0. The van der Waals surface area contributed by atoms with Gasteiger partial charge in [0, 0.05) is 23.6 Å². The van der Waals surface area contributed by atoms with Crippen LogP contribution in [0.3, 0.4) is 0 Å². The van der Waals surface area contributed by atoms with Crippen molar-refractivity contribution in [3.05, 3.63) is 53.9 Å². The lowest BCUT2D eigenvalue weighted by Crippen LogP contribution is -2.36. The van der Waals surface area contributed by atoms with Gasteiger partial charge in [0.15, 0.2) is 0 Å². The molecule has 4 nitrogen and oxygen atoms in total. The molecule has 1 amide bonds. The second kappa shape index (κ2) is 7.27. The first kappa shape index (κ1) is 15.5. The first-order valence-electron chi connectivity index (χ1n) is 8.32. The summed E-state index contributed by atoms with van der Waals surface area (Å²) in [4.78, 5) is 16.6. The highest BCUT2D eigenvalue weighted by molar-refractivity contribution is 5.93. The van der Waals surface area contributed by atoms with Crippen LogP contribution in [0.2, 0.25) is 0 Å². The molecule has 23 heavy (non-hydrogen) atoms. The van der Waals surface area contributed by atoms with E-state index in [1.165, 1.54) is 19.3 Å². The molecular weight excluding hydrogens is 286 g/mol. The standard InChI is InChI=1S/C19H23N3O/c1-14-7-5-6-10-17(14)21-16-11-12-20-18(13-16)19(23)22-15-8-3-2-4-9-15/h5-7,10-13,15H,2-4,8-9H2,1H3,(H,20,21)(H,22,23). The van der Waals surface area contributed by atoms with Crippen LogP contribution in [0.5, 0.6) is 0 Å². The van der Waals surface area contributed by atoms with Gasteiger partial charge in [-0.3, -0.25) is 9.78 Å². The molecule has 0 unspecified atom stereocenters. The predicted octanol–water partition coefficient (Wildman–Crippen LogP) is 4.20. The highest BCUT2D eigenvalue weighted by atomic mass is 16.1. The summed E-state index contributed by atoms with van der Waals surface area (Å²) in [6.07, 6.45) is 7.51. The van der Waals surface area contributed by atoms with Crippen LogP contribution >= 0.6 is 0 Å². The average Bonchev–Trinajstić information content (AvgIpc) is 2.58. The molecule has 2 aromatic rings. The van der Waals surface area contributed by atoms with Crippen molar-refractivity contribution < 1.29 is 4.79 Å². The average molecular weight is 309 g/mol. The molecule has 0 bridgehead atoms. The van der Waals surface area contributed by atoms with Crippen LogP contribution in [-0.4, -0.2) is 16.9 Å². The Kier molecular flexibility index (Phi) is 4.91. The molecule has 1 heterocycles. The van der Waals surface area contributed by atoms with Crippen LogP contribution in [0.25, 0.3) is 0 Å². The molecule has 1 fully saturated rings. The van der Waals surface area contributed by atoms with Crippen molar-refractivity contribution in [3.63, 3.8) is 0 Å². The maximum Gasteiger partial charge on any atom is 0.270 e. The summed E-state index contributed by atoms with van der Waals surface area (Å²) in [5.41, 5.74) is 3.55. The zero-order chi connectivity index (χ0) is 16.1. The maximum absolute atomic E-state index is 12.4. The topological polar surface area (TPSA) is 54.0 Å². The van der Waals surface area contributed by atoms with Crippen LogP contribution < -0.4 is 10.6 Å². The normalized spacial score (nSPS) is 15.2. The number of carbonyl (C=O) groups excluding carboxylic acids is 1. The van der Waals surface area contributed by atoms with Crippen molar-refractivity contribution >= 4 is 17.3 Å². The Bertz CT molecular complexity index is 678. The molecule has 0 atom stereocenters. The van der Waals surface area contributed by atoms with Gasteiger partial charge in [-0.25, -0.2) is 0 Å². The second-order valence-electron chi connectivity index (χ2n) is 6.18. The van der Waals surface area contributed by atoms with Gasteiger partial charge in [0.05, 0.1) is 0 Å². The van der Waals surface area contributed by atoms with E-state index in [0.717, 1.165) is 29.8 Å². The largest absolute Gasteiger partial charge is 0.355 e. The van der Waals surface area contributed by atoms with Gasteiger partial charge in [-0.05, 0) is 43.5 Å². The summed E-state index contributed by atoms with van der Waals surface area (Å²) >= 11 is 0. The lowest BCUT2D eigenvalue weighted by atomic mass is 9.95. The van der Waals surface area contributed by atoms with Crippen molar-refractivity contribution in [2.24, 2.45) is 0 Å². The van der Waals surface area contributed by atoms with Gasteiger partial charge in [-0.15, -0.1) is 0 Å². The molecular formula is C19H23N3O. The van der Waals surface area contributed by atoms with E-state index in [9.17, 15) is 4.79 Å². The molecule has 1 aliphatic carbocycles. The van der Waals surface area contributed by atoms with Crippen molar-refractivity contribution in [1.29, 1.82) is 0 Å². The van der Waals surface area contributed by atoms with Crippen LogP contribution in [0.15, 0.2) is 42.6 Å². The Hall–Kier alpha value is -2.36. The molecule has 0 radical (unpaired) electrons. The molecule has 0 spiro atoms. The third-order valence-electron chi connectivity index (χ3n) is 4.36. The fourth-order valence-corrected chi connectivity index (χ4v) is 3.01. The maximum atomic E-state index is 12.4. The predicted molar refractivity (Wildman–Crippen MR) is 93.0 cm³/mol. The van der Waals surface area contributed by atoms with Crippen LogP contribution in [0.1, 0.15) is 48.2 Å². The molecule has 2 N–H and O–H groups in total. The van der Waals surface area contributed by atoms with Gasteiger partial charge in [-0.1, -0.05) is 37.5 Å². The third kappa shape index (κ3) is 4.09.